The first-order chi connectivity index (χ1) is 8.50. The molecule has 0 amide bonds. The average Bonchev–Trinajstić information content (AvgIpc) is 2.34. The predicted octanol–water partition coefficient (Wildman–Crippen LogP) is 0.620. The molecule has 1 aromatic rings. The monoisotopic (exact) mass is 253 g/mol. The number of aliphatic hydroxyl groups excluding tert-OH is 2. The quantitative estimate of drug-likeness (QED) is 0.377. The van der Waals surface area contributed by atoms with E-state index in [4.69, 9.17) is 4.76 Å². The summed E-state index contributed by atoms with van der Waals surface area (Å²) in [7, 11) is -1.06. The number of hydrogen-bond acceptors (Lipinski definition) is 5. The highest BCUT2D eigenvalue weighted by atomic mass is 16.7. The Kier molecular flexibility index (Phi) is 6.31. The fraction of sp³-hybridized carbons (Fsp3) is 0.500. The van der Waals surface area contributed by atoms with Gasteiger partial charge in [-0.3, -0.25) is 0 Å². The molecule has 1 aromatic carbocycles. The molecule has 0 aromatic heterocycles. The zero-order valence-electron chi connectivity index (χ0n) is 10.7. The number of hydroxylamine groups is 2. The molecule has 6 heteroatoms. The van der Waals surface area contributed by atoms with Crippen LogP contribution >= 0.6 is 0 Å². The highest BCUT2D eigenvalue weighted by Gasteiger charge is 2.24. The maximum Gasteiger partial charge on any atom is 0.472 e. The molecule has 0 bridgehead atoms. The normalized spacial score (nSPS) is 14.6. The molecule has 0 aliphatic carbocycles. The van der Waals surface area contributed by atoms with Crippen LogP contribution in [-0.2, 0) is 11.2 Å². The molecule has 0 aliphatic heterocycles. The molecule has 0 spiro atoms. The summed E-state index contributed by atoms with van der Waals surface area (Å²) in [5.41, 5.74) is 1.10. The molecule has 0 aliphatic rings. The maximum atomic E-state index is 9.69. The minimum atomic E-state index is -1.06. The van der Waals surface area contributed by atoms with Crippen molar-refractivity contribution in [3.05, 3.63) is 35.9 Å². The number of aryl methyl sites for hydroxylation is 1. The molecule has 0 saturated carbocycles. The highest BCUT2D eigenvalue weighted by molar-refractivity contribution is 6.42. The van der Waals surface area contributed by atoms with Gasteiger partial charge in [0.25, 0.3) is 0 Å². The standard InChI is InChI=1S/C12H20BNO4/c1-10(15)14(11(2)16)18-13(17)9-8-12-6-4-3-5-7-12/h3-7,10-11,15-17H,8-9H2,1-2H3. The minimum absolute atomic E-state index is 0.389. The first-order valence-electron chi connectivity index (χ1n) is 6.04. The third-order valence-electron chi connectivity index (χ3n) is 2.50. The molecule has 0 saturated heterocycles. The van der Waals surface area contributed by atoms with Gasteiger partial charge in [-0.1, -0.05) is 30.3 Å². The Bertz CT molecular complexity index is 326. The van der Waals surface area contributed by atoms with Crippen LogP contribution in [0, 0.1) is 0 Å². The van der Waals surface area contributed by atoms with E-state index in [9.17, 15) is 15.2 Å². The zero-order valence-corrected chi connectivity index (χ0v) is 10.7. The van der Waals surface area contributed by atoms with Crippen molar-refractivity contribution in [2.75, 3.05) is 0 Å². The van der Waals surface area contributed by atoms with Crippen molar-refractivity contribution >= 4 is 7.12 Å². The number of rotatable bonds is 7. The lowest BCUT2D eigenvalue weighted by Crippen LogP contribution is -2.44. The van der Waals surface area contributed by atoms with Crippen molar-refractivity contribution in [3.8, 4) is 0 Å². The van der Waals surface area contributed by atoms with Gasteiger partial charge >= 0.3 is 7.12 Å². The maximum absolute atomic E-state index is 9.69. The number of nitrogens with zero attached hydrogens (tertiary/aromatic N) is 1. The molecule has 5 nitrogen and oxygen atoms in total. The molecule has 3 N–H and O–H groups in total. The van der Waals surface area contributed by atoms with Crippen LogP contribution in [0.4, 0.5) is 0 Å². The molecule has 0 heterocycles. The first-order valence-corrected chi connectivity index (χ1v) is 6.04. The van der Waals surface area contributed by atoms with Crippen LogP contribution in [0.3, 0.4) is 0 Å². The van der Waals surface area contributed by atoms with Crippen LogP contribution in [0.1, 0.15) is 19.4 Å². The predicted molar refractivity (Wildman–Crippen MR) is 69.2 cm³/mol. The van der Waals surface area contributed by atoms with Crippen molar-refractivity contribution in [3.63, 3.8) is 0 Å². The second-order valence-corrected chi connectivity index (χ2v) is 4.21. The van der Waals surface area contributed by atoms with Gasteiger partial charge in [-0.25, -0.2) is 0 Å². The van der Waals surface area contributed by atoms with Crippen molar-refractivity contribution in [2.24, 2.45) is 0 Å². The fourth-order valence-electron chi connectivity index (χ4n) is 1.62. The Morgan fingerprint density at radius 2 is 1.72 bits per heavy atom. The lowest BCUT2D eigenvalue weighted by Gasteiger charge is -2.28. The van der Waals surface area contributed by atoms with Crippen LogP contribution in [-0.4, -0.2) is 39.9 Å². The van der Waals surface area contributed by atoms with Crippen molar-refractivity contribution in [2.45, 2.75) is 39.0 Å². The van der Waals surface area contributed by atoms with E-state index in [1.165, 1.54) is 13.8 Å². The Morgan fingerprint density at radius 3 is 2.22 bits per heavy atom. The minimum Gasteiger partial charge on any atom is -0.426 e. The first kappa shape index (κ1) is 15.1. The molecular weight excluding hydrogens is 233 g/mol. The Hall–Kier alpha value is -0.915. The summed E-state index contributed by atoms with van der Waals surface area (Å²) in [6, 6.07) is 9.72. The third kappa shape index (κ3) is 5.16. The lowest BCUT2D eigenvalue weighted by molar-refractivity contribution is -0.246. The Morgan fingerprint density at radius 1 is 1.17 bits per heavy atom. The summed E-state index contributed by atoms with van der Waals surface area (Å²) in [6.07, 6.45) is -0.928. The summed E-state index contributed by atoms with van der Waals surface area (Å²) >= 11 is 0. The number of benzene rings is 1. The van der Waals surface area contributed by atoms with Crippen molar-refractivity contribution in [1.29, 1.82) is 0 Å². The van der Waals surface area contributed by atoms with E-state index >= 15 is 0 Å². The summed E-state index contributed by atoms with van der Waals surface area (Å²) in [4.78, 5) is 0. The molecular formula is C12H20BNO4. The molecule has 1 rings (SSSR count). The fourth-order valence-corrected chi connectivity index (χ4v) is 1.62. The van der Waals surface area contributed by atoms with E-state index in [2.05, 4.69) is 0 Å². The number of aliphatic hydroxyl groups is 2. The zero-order chi connectivity index (χ0) is 13.5. The van der Waals surface area contributed by atoms with E-state index in [1.807, 2.05) is 30.3 Å². The molecule has 2 unspecified atom stereocenters. The van der Waals surface area contributed by atoms with Crippen molar-refractivity contribution in [1.82, 2.24) is 5.06 Å². The van der Waals surface area contributed by atoms with Crippen LogP contribution < -0.4 is 0 Å². The second-order valence-electron chi connectivity index (χ2n) is 4.21. The summed E-state index contributed by atoms with van der Waals surface area (Å²) in [5, 5.41) is 29.3. The van der Waals surface area contributed by atoms with E-state index in [0.717, 1.165) is 10.6 Å². The summed E-state index contributed by atoms with van der Waals surface area (Å²) < 4.78 is 5.08. The van der Waals surface area contributed by atoms with Crippen LogP contribution in [0.15, 0.2) is 30.3 Å². The van der Waals surface area contributed by atoms with Crippen LogP contribution in [0.2, 0.25) is 6.32 Å². The van der Waals surface area contributed by atoms with Crippen LogP contribution in [0.5, 0.6) is 0 Å². The summed E-state index contributed by atoms with van der Waals surface area (Å²) in [5.74, 6) is 0. The van der Waals surface area contributed by atoms with Gasteiger partial charge in [0.1, 0.15) is 12.5 Å². The molecule has 18 heavy (non-hydrogen) atoms. The van der Waals surface area contributed by atoms with Gasteiger partial charge in [0.2, 0.25) is 0 Å². The SMILES string of the molecule is CC(O)N(OB(O)CCc1ccccc1)C(C)O. The Balaban J connectivity index is 2.39. The van der Waals surface area contributed by atoms with E-state index in [1.54, 1.807) is 0 Å². The van der Waals surface area contributed by atoms with Gasteiger partial charge in [-0.2, -0.15) is 0 Å². The van der Waals surface area contributed by atoms with E-state index in [-0.39, 0.29) is 0 Å². The third-order valence-corrected chi connectivity index (χ3v) is 2.50. The van der Waals surface area contributed by atoms with Crippen LogP contribution in [0.25, 0.3) is 0 Å². The van der Waals surface area contributed by atoms with Crippen molar-refractivity contribution < 1.29 is 20.0 Å². The summed E-state index contributed by atoms with van der Waals surface area (Å²) in [6.45, 7) is 2.91. The van der Waals surface area contributed by atoms with E-state index < -0.39 is 19.6 Å². The molecule has 0 fully saturated rings. The highest BCUT2D eigenvalue weighted by Crippen LogP contribution is 2.09. The van der Waals surface area contributed by atoms with Gasteiger partial charge in [0.15, 0.2) is 0 Å². The van der Waals surface area contributed by atoms with Gasteiger partial charge in [0, 0.05) is 0 Å². The van der Waals surface area contributed by atoms with Gasteiger partial charge < -0.3 is 20.0 Å². The van der Waals surface area contributed by atoms with Gasteiger partial charge in [-0.05, 0) is 32.2 Å². The molecule has 100 valence electrons. The van der Waals surface area contributed by atoms with E-state index in [0.29, 0.717) is 12.7 Å². The molecule has 0 radical (unpaired) electrons. The second kappa shape index (κ2) is 7.50. The van der Waals surface area contributed by atoms with Gasteiger partial charge in [0.05, 0.1) is 0 Å². The largest absolute Gasteiger partial charge is 0.472 e. The lowest BCUT2D eigenvalue weighted by atomic mass is 9.82. The van der Waals surface area contributed by atoms with Gasteiger partial charge in [-0.15, -0.1) is 5.06 Å². The average molecular weight is 253 g/mol. The topological polar surface area (TPSA) is 73.2 Å². The number of hydrogen-bond donors (Lipinski definition) is 3. The Labute approximate surface area is 108 Å². The molecule has 2 atom stereocenters. The smallest absolute Gasteiger partial charge is 0.426 e.